The second kappa shape index (κ2) is 8.23. The van der Waals surface area contributed by atoms with Crippen LogP contribution in [0.1, 0.15) is 15.9 Å². The molecular formula is C17H15N3O4. The van der Waals surface area contributed by atoms with Crippen LogP contribution in [0.15, 0.2) is 59.7 Å². The number of carbonyl (C=O) groups excluding carboxylic acids is 1. The van der Waals surface area contributed by atoms with Crippen LogP contribution in [0, 0.1) is 10.1 Å². The molecule has 0 aromatic heterocycles. The minimum absolute atomic E-state index is 0.0743. The minimum atomic E-state index is -0.525. The zero-order valence-corrected chi connectivity index (χ0v) is 12.9. The highest BCUT2D eigenvalue weighted by atomic mass is 16.6. The Morgan fingerprint density at radius 1 is 1.21 bits per heavy atom. The van der Waals surface area contributed by atoms with E-state index in [1.165, 1.54) is 30.5 Å². The molecule has 1 N–H and O–H groups in total. The Morgan fingerprint density at radius 3 is 2.58 bits per heavy atom. The van der Waals surface area contributed by atoms with E-state index in [0.29, 0.717) is 0 Å². The number of hydrazone groups is 1. The second-order valence-corrected chi connectivity index (χ2v) is 4.62. The summed E-state index contributed by atoms with van der Waals surface area (Å²) in [5.74, 6) is 0.281. The van der Waals surface area contributed by atoms with Crippen LogP contribution in [-0.2, 0) is 0 Å². The van der Waals surface area contributed by atoms with Gasteiger partial charge in [-0.2, -0.15) is 5.10 Å². The summed E-state index contributed by atoms with van der Waals surface area (Å²) >= 11 is 0. The van der Waals surface area contributed by atoms with Gasteiger partial charge < -0.3 is 4.74 Å². The number of nitro groups is 1. The summed E-state index contributed by atoms with van der Waals surface area (Å²) in [5.41, 5.74) is 3.43. The fourth-order valence-electron chi connectivity index (χ4n) is 1.89. The molecule has 1 amide bonds. The topological polar surface area (TPSA) is 93.8 Å². The number of rotatable bonds is 6. The van der Waals surface area contributed by atoms with E-state index in [1.54, 1.807) is 19.3 Å². The maximum Gasteiger partial charge on any atom is 0.271 e. The van der Waals surface area contributed by atoms with E-state index in [0.717, 1.165) is 11.3 Å². The van der Waals surface area contributed by atoms with Crippen LogP contribution in [0.2, 0.25) is 0 Å². The molecule has 0 spiro atoms. The number of allylic oxidation sites excluding steroid dienone is 1. The highest BCUT2D eigenvalue weighted by Gasteiger charge is 2.08. The summed E-state index contributed by atoms with van der Waals surface area (Å²) in [6.45, 7) is 0. The first-order chi connectivity index (χ1) is 11.6. The van der Waals surface area contributed by atoms with Crippen molar-refractivity contribution < 1.29 is 14.5 Å². The molecular weight excluding hydrogens is 310 g/mol. The van der Waals surface area contributed by atoms with Crippen LogP contribution in [0.3, 0.4) is 0 Å². The zero-order valence-electron chi connectivity index (χ0n) is 12.9. The maximum atomic E-state index is 11.8. The van der Waals surface area contributed by atoms with Gasteiger partial charge in [-0.1, -0.05) is 18.2 Å². The van der Waals surface area contributed by atoms with Gasteiger partial charge in [-0.3, -0.25) is 14.9 Å². The molecule has 0 saturated carbocycles. The number of benzene rings is 2. The van der Waals surface area contributed by atoms with Crippen molar-refractivity contribution >= 4 is 23.9 Å². The van der Waals surface area contributed by atoms with Gasteiger partial charge in [0.1, 0.15) is 5.75 Å². The Labute approximate surface area is 138 Å². The van der Waals surface area contributed by atoms with Crippen LogP contribution in [-0.4, -0.2) is 24.2 Å². The van der Waals surface area contributed by atoms with Crippen LogP contribution in [0.4, 0.5) is 5.69 Å². The first-order valence-electron chi connectivity index (χ1n) is 6.99. The van der Waals surface area contributed by atoms with E-state index in [2.05, 4.69) is 10.5 Å². The molecule has 2 rings (SSSR count). The Bertz CT molecular complexity index is 783. The predicted octanol–water partition coefficient (Wildman–Crippen LogP) is 3.03. The number of nitrogens with one attached hydrogen (secondary N) is 1. The Kier molecular flexibility index (Phi) is 5.79. The van der Waals surface area contributed by atoms with E-state index in [-0.39, 0.29) is 11.3 Å². The van der Waals surface area contributed by atoms with Crippen molar-refractivity contribution in [1.29, 1.82) is 0 Å². The van der Waals surface area contributed by atoms with E-state index in [4.69, 9.17) is 4.74 Å². The van der Waals surface area contributed by atoms with Crippen molar-refractivity contribution in [3.63, 3.8) is 0 Å². The van der Waals surface area contributed by atoms with Gasteiger partial charge in [0.25, 0.3) is 11.6 Å². The van der Waals surface area contributed by atoms with Gasteiger partial charge in [-0.15, -0.1) is 0 Å². The lowest BCUT2D eigenvalue weighted by atomic mass is 10.2. The summed E-state index contributed by atoms with van der Waals surface area (Å²) in [6.07, 6.45) is 4.88. The molecule has 24 heavy (non-hydrogen) atoms. The normalized spacial score (nSPS) is 10.9. The first kappa shape index (κ1) is 16.9. The van der Waals surface area contributed by atoms with Crippen LogP contribution in [0.5, 0.6) is 5.75 Å². The molecule has 122 valence electrons. The number of para-hydroxylation sites is 1. The summed E-state index contributed by atoms with van der Waals surface area (Å²) < 4.78 is 5.21. The summed E-state index contributed by atoms with van der Waals surface area (Å²) in [4.78, 5) is 21.8. The number of nitro benzene ring substituents is 1. The largest absolute Gasteiger partial charge is 0.496 e. The maximum absolute atomic E-state index is 11.8. The Morgan fingerprint density at radius 2 is 1.92 bits per heavy atom. The van der Waals surface area contributed by atoms with E-state index < -0.39 is 10.8 Å². The Hall–Kier alpha value is -3.48. The number of nitrogens with zero attached hydrogens (tertiary/aromatic N) is 2. The third-order valence-electron chi connectivity index (χ3n) is 3.08. The first-order valence-corrected chi connectivity index (χ1v) is 6.99. The minimum Gasteiger partial charge on any atom is -0.496 e. The van der Waals surface area contributed by atoms with Gasteiger partial charge >= 0.3 is 0 Å². The van der Waals surface area contributed by atoms with Gasteiger partial charge in [0.15, 0.2) is 0 Å². The highest BCUT2D eigenvalue weighted by molar-refractivity contribution is 5.94. The molecule has 0 aliphatic rings. The molecule has 2 aromatic rings. The lowest BCUT2D eigenvalue weighted by Crippen LogP contribution is -2.17. The number of methoxy groups -OCH3 is 1. The van der Waals surface area contributed by atoms with Crippen molar-refractivity contribution in [2.45, 2.75) is 0 Å². The standard InChI is InChI=1S/C17H15N3O4/c1-24-16-7-3-2-5-13(16)6-4-12-18-19-17(21)14-8-10-15(11-9-14)20(22)23/h2-12H,1H3,(H,19,21)/b6-4+,18-12-. The molecule has 0 atom stereocenters. The number of amides is 1. The highest BCUT2D eigenvalue weighted by Crippen LogP contribution is 2.18. The molecule has 0 heterocycles. The van der Waals surface area contributed by atoms with Gasteiger partial charge in [0.05, 0.1) is 12.0 Å². The summed E-state index contributed by atoms with van der Waals surface area (Å²) in [7, 11) is 1.59. The molecule has 0 aliphatic carbocycles. The third kappa shape index (κ3) is 4.51. The average molecular weight is 325 g/mol. The molecule has 0 unspecified atom stereocenters. The number of hydrogen-bond acceptors (Lipinski definition) is 5. The molecule has 0 saturated heterocycles. The third-order valence-corrected chi connectivity index (χ3v) is 3.08. The molecule has 0 aliphatic heterocycles. The summed E-state index contributed by atoms with van der Waals surface area (Å²) in [6, 6.07) is 12.7. The molecule has 2 aromatic carbocycles. The predicted molar refractivity (Wildman–Crippen MR) is 91.1 cm³/mol. The van der Waals surface area contributed by atoms with Gasteiger partial charge in [-0.25, -0.2) is 5.43 Å². The van der Waals surface area contributed by atoms with E-state index >= 15 is 0 Å². The number of non-ortho nitro benzene ring substituents is 1. The molecule has 7 heteroatoms. The molecule has 7 nitrogen and oxygen atoms in total. The van der Waals surface area contributed by atoms with Crippen LogP contribution in [0.25, 0.3) is 6.08 Å². The quantitative estimate of drug-likeness (QED) is 0.502. The second-order valence-electron chi connectivity index (χ2n) is 4.62. The number of ether oxygens (including phenoxy) is 1. The molecule has 0 radical (unpaired) electrons. The van der Waals surface area contributed by atoms with Crippen LogP contribution >= 0.6 is 0 Å². The molecule has 0 bridgehead atoms. The molecule has 0 fully saturated rings. The van der Waals surface area contributed by atoms with Gasteiger partial charge in [0, 0.05) is 29.5 Å². The van der Waals surface area contributed by atoms with Crippen LogP contribution < -0.4 is 10.2 Å². The van der Waals surface area contributed by atoms with Crippen molar-refractivity contribution in [2.75, 3.05) is 7.11 Å². The van der Waals surface area contributed by atoms with Crippen molar-refractivity contribution in [1.82, 2.24) is 5.43 Å². The Balaban J connectivity index is 1.92. The van der Waals surface area contributed by atoms with E-state index in [1.807, 2.05) is 24.3 Å². The zero-order chi connectivity index (χ0) is 17.4. The van der Waals surface area contributed by atoms with Crippen molar-refractivity contribution in [2.24, 2.45) is 5.10 Å². The lowest BCUT2D eigenvalue weighted by molar-refractivity contribution is -0.384. The smallest absolute Gasteiger partial charge is 0.271 e. The van der Waals surface area contributed by atoms with E-state index in [9.17, 15) is 14.9 Å². The fraction of sp³-hybridized carbons (Fsp3) is 0.0588. The van der Waals surface area contributed by atoms with Gasteiger partial charge in [0.2, 0.25) is 0 Å². The fourth-order valence-corrected chi connectivity index (χ4v) is 1.89. The average Bonchev–Trinajstić information content (AvgIpc) is 2.61. The van der Waals surface area contributed by atoms with Gasteiger partial charge in [-0.05, 0) is 30.4 Å². The monoisotopic (exact) mass is 325 g/mol. The van der Waals surface area contributed by atoms with Crippen molar-refractivity contribution in [3.05, 3.63) is 75.8 Å². The number of carbonyl (C=O) groups is 1. The summed E-state index contributed by atoms with van der Waals surface area (Å²) in [5, 5.41) is 14.3. The SMILES string of the molecule is COc1ccccc1/C=C/C=N\NC(=O)c1ccc([N+](=O)[O-])cc1. The van der Waals surface area contributed by atoms with Crippen molar-refractivity contribution in [3.8, 4) is 5.75 Å². The number of hydrogen-bond donors (Lipinski definition) is 1. The lowest BCUT2D eigenvalue weighted by Gasteiger charge is -2.02.